The Morgan fingerprint density at radius 2 is 1.52 bits per heavy atom. The number of hydrogen-bond acceptors (Lipinski definition) is 7. The van der Waals surface area contributed by atoms with Crippen molar-refractivity contribution in [3.05, 3.63) is 27.8 Å². The fraction of sp³-hybridized carbons (Fsp3) is 0.667. The van der Waals surface area contributed by atoms with E-state index in [1.54, 1.807) is 13.0 Å². The zero-order valence-electron chi connectivity index (χ0n) is 17.1. The molecule has 0 radical (unpaired) electrons. The summed E-state index contributed by atoms with van der Waals surface area (Å²) >= 11 is 0. The minimum absolute atomic E-state index is 0.0813. The van der Waals surface area contributed by atoms with Crippen LogP contribution in [0.2, 0.25) is 0 Å². The number of benzene rings is 1. The summed E-state index contributed by atoms with van der Waals surface area (Å²) in [5.74, 6) is 0.460. The second-order valence-corrected chi connectivity index (χ2v) is 8.36. The van der Waals surface area contributed by atoms with Crippen LogP contribution in [-0.2, 0) is 0 Å². The lowest BCUT2D eigenvalue weighted by Gasteiger charge is -2.37. The smallest absolute Gasteiger partial charge is 0.310 e. The Balaban J connectivity index is 1.90. The largest absolute Gasteiger partial charge is 0.393 e. The number of nitriles is 1. The first-order valence-electron chi connectivity index (χ1n) is 10.4. The lowest BCUT2D eigenvalue weighted by atomic mass is 9.91. The molecule has 29 heavy (non-hydrogen) atoms. The molecular weight excluding hydrogens is 372 g/mol. The van der Waals surface area contributed by atoms with E-state index < -0.39 is 4.92 Å². The lowest BCUT2D eigenvalue weighted by molar-refractivity contribution is -0.384. The molecule has 2 aliphatic heterocycles. The maximum Gasteiger partial charge on any atom is 0.310 e. The summed E-state index contributed by atoms with van der Waals surface area (Å²) in [6.07, 6.45) is 2.51. The van der Waals surface area contributed by atoms with E-state index in [9.17, 15) is 25.6 Å². The second kappa shape index (κ2) is 8.97. The number of rotatable bonds is 5. The van der Waals surface area contributed by atoms with Gasteiger partial charge in [-0.2, -0.15) is 5.26 Å². The molecule has 2 unspecified atom stereocenters. The van der Waals surface area contributed by atoms with Gasteiger partial charge in [-0.15, -0.1) is 0 Å². The van der Waals surface area contributed by atoms with Gasteiger partial charge in [0.05, 0.1) is 17.1 Å². The van der Waals surface area contributed by atoms with E-state index in [2.05, 4.69) is 4.90 Å². The molecule has 0 spiro atoms. The van der Waals surface area contributed by atoms with Crippen LogP contribution in [0.4, 0.5) is 17.1 Å². The lowest BCUT2D eigenvalue weighted by Crippen LogP contribution is -2.38. The predicted molar refractivity (Wildman–Crippen MR) is 111 cm³/mol. The van der Waals surface area contributed by atoms with Crippen molar-refractivity contribution in [2.24, 2.45) is 11.8 Å². The van der Waals surface area contributed by atoms with Crippen LogP contribution in [0.25, 0.3) is 0 Å². The third kappa shape index (κ3) is 4.62. The predicted octanol–water partition coefficient (Wildman–Crippen LogP) is 2.66. The van der Waals surface area contributed by atoms with Gasteiger partial charge in [0, 0.05) is 31.9 Å². The summed E-state index contributed by atoms with van der Waals surface area (Å²) in [4.78, 5) is 15.4. The summed E-state index contributed by atoms with van der Waals surface area (Å²) in [7, 11) is 0. The van der Waals surface area contributed by atoms with Crippen LogP contribution in [-0.4, -0.2) is 53.5 Å². The van der Waals surface area contributed by atoms with E-state index in [-0.39, 0.29) is 35.3 Å². The summed E-state index contributed by atoms with van der Waals surface area (Å²) in [5.41, 5.74) is 1.26. The van der Waals surface area contributed by atoms with Gasteiger partial charge in [0.2, 0.25) is 0 Å². The van der Waals surface area contributed by atoms with E-state index in [0.717, 1.165) is 44.5 Å². The zero-order chi connectivity index (χ0) is 21.1. The quantitative estimate of drug-likeness (QED) is 0.575. The molecule has 2 heterocycles. The number of nitro benzene ring substituents is 1. The van der Waals surface area contributed by atoms with Gasteiger partial charge in [0.25, 0.3) is 0 Å². The number of nitrogens with zero attached hydrogens (tertiary/aromatic N) is 4. The molecule has 2 aliphatic rings. The first-order valence-corrected chi connectivity index (χ1v) is 10.4. The normalized spacial score (nSPS) is 20.9. The molecule has 1 aromatic rings. The Hall–Kier alpha value is -2.37. The number of aliphatic hydroxyl groups excluding tert-OH is 2. The van der Waals surface area contributed by atoms with E-state index in [4.69, 9.17) is 0 Å². The van der Waals surface area contributed by atoms with Crippen LogP contribution < -0.4 is 9.80 Å². The Morgan fingerprint density at radius 3 is 1.93 bits per heavy atom. The van der Waals surface area contributed by atoms with E-state index >= 15 is 0 Å². The highest BCUT2D eigenvalue weighted by Gasteiger charge is 2.31. The Bertz CT molecular complexity index is 774. The fourth-order valence-corrected chi connectivity index (χ4v) is 4.57. The average Bonchev–Trinajstić information content (AvgIpc) is 2.72. The molecule has 158 valence electrons. The van der Waals surface area contributed by atoms with E-state index in [0.29, 0.717) is 18.8 Å². The topological polar surface area (TPSA) is 114 Å². The zero-order valence-corrected chi connectivity index (χ0v) is 17.1. The Morgan fingerprint density at radius 1 is 1.03 bits per heavy atom. The van der Waals surface area contributed by atoms with Gasteiger partial charge in [0.1, 0.15) is 17.3 Å². The molecule has 2 fully saturated rings. The molecule has 0 aromatic heterocycles. The summed E-state index contributed by atoms with van der Waals surface area (Å²) in [6, 6.07) is 5.47. The molecule has 2 atom stereocenters. The fourth-order valence-electron chi connectivity index (χ4n) is 4.57. The first kappa shape index (κ1) is 21.3. The van der Waals surface area contributed by atoms with E-state index in [1.807, 2.05) is 24.0 Å². The molecule has 0 aliphatic carbocycles. The number of aliphatic hydroxyl groups is 2. The highest BCUT2D eigenvalue weighted by molar-refractivity contribution is 5.76. The van der Waals surface area contributed by atoms with Crippen LogP contribution in [0.5, 0.6) is 0 Å². The van der Waals surface area contributed by atoms with Crippen LogP contribution in [0.15, 0.2) is 12.1 Å². The van der Waals surface area contributed by atoms with E-state index in [1.165, 1.54) is 0 Å². The van der Waals surface area contributed by atoms with Gasteiger partial charge in [-0.25, -0.2) is 0 Å². The molecule has 0 amide bonds. The molecule has 1 aromatic carbocycles. The van der Waals surface area contributed by atoms with Gasteiger partial charge in [-0.1, -0.05) is 0 Å². The van der Waals surface area contributed by atoms with Gasteiger partial charge in [-0.05, 0) is 63.5 Å². The first-order chi connectivity index (χ1) is 13.8. The highest BCUT2D eigenvalue weighted by atomic mass is 16.6. The summed E-state index contributed by atoms with van der Waals surface area (Å²) in [6.45, 7) is 6.34. The van der Waals surface area contributed by atoms with Crippen molar-refractivity contribution >= 4 is 17.1 Å². The minimum Gasteiger partial charge on any atom is -0.393 e. The minimum atomic E-state index is -0.460. The number of piperidine rings is 2. The summed E-state index contributed by atoms with van der Waals surface area (Å²) in [5, 5.41) is 41.0. The van der Waals surface area contributed by atoms with Crippen LogP contribution >= 0.6 is 0 Å². The van der Waals surface area contributed by atoms with Gasteiger partial charge in [-0.3, -0.25) is 10.1 Å². The molecule has 0 saturated carbocycles. The van der Waals surface area contributed by atoms with Crippen molar-refractivity contribution < 1.29 is 15.1 Å². The van der Waals surface area contributed by atoms with Crippen molar-refractivity contribution in [2.75, 3.05) is 36.0 Å². The molecule has 8 nitrogen and oxygen atoms in total. The second-order valence-electron chi connectivity index (χ2n) is 8.36. The SMILES string of the molecule is CC(O)C1CCN(c2cc(C#N)c([N+](=O)[O-])c(N3CCC(C(C)O)CC3)c2)CC1. The van der Waals surface area contributed by atoms with Crippen LogP contribution in [0, 0.1) is 33.3 Å². The maximum atomic E-state index is 11.8. The molecule has 8 heteroatoms. The van der Waals surface area contributed by atoms with Crippen molar-refractivity contribution in [1.82, 2.24) is 0 Å². The van der Waals surface area contributed by atoms with Crippen molar-refractivity contribution in [3.8, 4) is 6.07 Å². The van der Waals surface area contributed by atoms with Gasteiger partial charge >= 0.3 is 5.69 Å². The maximum absolute atomic E-state index is 11.8. The van der Waals surface area contributed by atoms with Crippen molar-refractivity contribution in [2.45, 2.75) is 51.7 Å². The summed E-state index contributed by atoms with van der Waals surface area (Å²) < 4.78 is 0. The molecule has 3 rings (SSSR count). The molecule has 0 bridgehead atoms. The molecular formula is C21H30N4O4. The average molecular weight is 402 g/mol. The Labute approximate surface area is 171 Å². The van der Waals surface area contributed by atoms with Crippen molar-refractivity contribution in [3.63, 3.8) is 0 Å². The molecule has 2 saturated heterocycles. The number of anilines is 2. The Kier molecular flexibility index (Phi) is 6.60. The van der Waals surface area contributed by atoms with Crippen molar-refractivity contribution in [1.29, 1.82) is 5.26 Å². The van der Waals surface area contributed by atoms with Crippen LogP contribution in [0.1, 0.15) is 45.1 Å². The van der Waals surface area contributed by atoms with Crippen LogP contribution in [0.3, 0.4) is 0 Å². The third-order valence-electron chi connectivity index (χ3n) is 6.53. The molecule has 2 N–H and O–H groups in total. The van der Waals surface area contributed by atoms with Gasteiger partial charge < -0.3 is 20.0 Å². The number of nitro groups is 1. The number of hydrogen-bond donors (Lipinski definition) is 2. The highest BCUT2D eigenvalue weighted by Crippen LogP contribution is 2.39. The van der Waals surface area contributed by atoms with Gasteiger partial charge in [0.15, 0.2) is 0 Å². The monoisotopic (exact) mass is 402 g/mol. The third-order valence-corrected chi connectivity index (χ3v) is 6.53. The standard InChI is InChI=1S/C21H30N4O4/c1-14(26)16-3-7-23(8-4-16)19-11-18(13-22)21(25(28)29)20(12-19)24-9-5-17(6-10-24)15(2)27/h11-12,14-17,26-27H,3-10H2,1-2H3.